The molecule has 0 bridgehead atoms. The molecule has 0 amide bonds. The van der Waals surface area contributed by atoms with Crippen LogP contribution in [0.5, 0.6) is 0 Å². The fourth-order valence-corrected chi connectivity index (χ4v) is 4.74. The van der Waals surface area contributed by atoms with Gasteiger partial charge >= 0.3 is 0 Å². The van der Waals surface area contributed by atoms with Crippen LogP contribution in [0.4, 0.5) is 5.69 Å². The number of halogens is 1. The van der Waals surface area contributed by atoms with Gasteiger partial charge in [-0.15, -0.1) is 5.10 Å². The smallest absolute Gasteiger partial charge is 0.239 e. The Bertz CT molecular complexity index is 1720. The van der Waals surface area contributed by atoms with Crippen molar-refractivity contribution in [3.63, 3.8) is 0 Å². The van der Waals surface area contributed by atoms with Gasteiger partial charge in [-0.25, -0.2) is 0 Å². The Morgan fingerprint density at radius 1 is 0.848 bits per heavy atom. The van der Waals surface area contributed by atoms with E-state index >= 15 is 0 Å². The lowest BCUT2D eigenvalue weighted by Crippen LogP contribution is -3.00. The quantitative estimate of drug-likeness (QED) is 0.318. The molecule has 0 radical (unpaired) electrons. The van der Waals surface area contributed by atoms with Crippen molar-refractivity contribution >= 4 is 16.5 Å². The van der Waals surface area contributed by atoms with Gasteiger partial charge in [-0.05, 0) is 17.7 Å². The van der Waals surface area contributed by atoms with Gasteiger partial charge in [-0.2, -0.15) is 5.43 Å². The van der Waals surface area contributed by atoms with Crippen LogP contribution in [0, 0.1) is 10.4 Å². The Morgan fingerprint density at radius 2 is 1.45 bits per heavy atom. The van der Waals surface area contributed by atoms with E-state index in [-0.39, 0.29) is 39.1 Å². The number of hydrogen-bond donors (Lipinski definition) is 2. The molecule has 2 aromatic rings. The molecule has 0 unspecified atom stereocenters. The predicted molar refractivity (Wildman–Crippen MR) is 124 cm³/mol. The van der Waals surface area contributed by atoms with Crippen LogP contribution < -0.4 is 49.5 Å². The Balaban J connectivity index is 0.00000259. The summed E-state index contributed by atoms with van der Waals surface area (Å²) >= 11 is 0. The zero-order valence-electron chi connectivity index (χ0n) is 18.4. The third kappa shape index (κ3) is 3.26. The number of nitrogens with zero attached hydrogens (tertiary/aromatic N) is 1. The van der Waals surface area contributed by atoms with E-state index in [0.717, 1.165) is 11.4 Å². The molecule has 0 spiro atoms. The zero-order valence-corrected chi connectivity index (χ0v) is 19.2. The SMILES string of the molecule is CN1C(=CN[NH+]=c2ccc(=O)c3c(=O)c4ccccc4c(=O)c2=3)C(C)(C)c2ccccc21.[Cl-]. The average molecular weight is 460 g/mol. The Labute approximate surface area is 195 Å². The largest absolute Gasteiger partial charge is 1.00 e. The maximum Gasteiger partial charge on any atom is 0.239 e. The van der Waals surface area contributed by atoms with E-state index in [4.69, 9.17) is 0 Å². The molecule has 1 aliphatic heterocycles. The molecule has 5 rings (SSSR count). The molecule has 2 aliphatic carbocycles. The second-order valence-corrected chi connectivity index (χ2v) is 8.57. The van der Waals surface area contributed by atoms with E-state index < -0.39 is 10.9 Å². The minimum Gasteiger partial charge on any atom is -1.00 e. The minimum atomic E-state index is -0.455. The van der Waals surface area contributed by atoms with E-state index in [0.29, 0.717) is 10.7 Å². The van der Waals surface area contributed by atoms with Crippen LogP contribution in [0.1, 0.15) is 19.4 Å². The third-order valence-electron chi connectivity index (χ3n) is 6.39. The van der Waals surface area contributed by atoms with Gasteiger partial charge in [0.05, 0.1) is 11.4 Å². The number of para-hydroxylation sites is 1. The second-order valence-electron chi connectivity index (χ2n) is 8.57. The molecule has 0 fully saturated rings. The monoisotopic (exact) mass is 459 g/mol. The number of anilines is 1. The van der Waals surface area contributed by atoms with Gasteiger partial charge in [0.15, 0.2) is 10.9 Å². The fraction of sp³-hybridized carbons (Fsp3) is 0.154. The van der Waals surface area contributed by atoms with Crippen LogP contribution in [0.3, 0.4) is 0 Å². The minimum absolute atomic E-state index is 0. The van der Waals surface area contributed by atoms with Crippen molar-refractivity contribution in [3.05, 3.63) is 125 Å². The number of fused-ring (bicyclic) bond motifs is 2. The van der Waals surface area contributed by atoms with E-state index in [9.17, 15) is 14.4 Å². The molecule has 0 saturated heterocycles. The number of hydrazine groups is 1. The Kier molecular flexibility index (Phi) is 5.42. The lowest BCUT2D eigenvalue weighted by molar-refractivity contribution is -0.555. The first kappa shape index (κ1) is 22.4. The van der Waals surface area contributed by atoms with E-state index in [1.807, 2.05) is 25.4 Å². The number of hydrogen-bond acceptors (Lipinski definition) is 5. The van der Waals surface area contributed by atoms with Crippen LogP contribution in [-0.2, 0) is 5.41 Å². The second kappa shape index (κ2) is 7.98. The van der Waals surface area contributed by atoms with E-state index in [2.05, 4.69) is 41.4 Å². The van der Waals surface area contributed by atoms with Crippen molar-refractivity contribution in [1.82, 2.24) is 5.43 Å². The molecule has 33 heavy (non-hydrogen) atoms. The van der Waals surface area contributed by atoms with Crippen LogP contribution in [0.15, 0.2) is 86.9 Å². The van der Waals surface area contributed by atoms with Gasteiger partial charge in [0.1, 0.15) is 5.22 Å². The number of rotatable bonds is 2. The van der Waals surface area contributed by atoms with Gasteiger partial charge < -0.3 is 17.3 Å². The molecule has 6 nitrogen and oxygen atoms in total. The van der Waals surface area contributed by atoms with Crippen LogP contribution in [0.25, 0.3) is 10.8 Å². The molecule has 7 heteroatoms. The van der Waals surface area contributed by atoms with E-state index in [1.165, 1.54) is 17.7 Å². The molecule has 2 aromatic carbocycles. The molecule has 3 aliphatic rings. The summed E-state index contributed by atoms with van der Waals surface area (Å²) in [6.07, 6.45) is 1.85. The van der Waals surface area contributed by atoms with Crippen LogP contribution in [0.2, 0.25) is 0 Å². The summed E-state index contributed by atoms with van der Waals surface area (Å²) in [5, 5.41) is 4.01. The lowest BCUT2D eigenvalue weighted by Gasteiger charge is -2.23. The number of nitrogens with one attached hydrogen (secondary N) is 2. The first-order valence-corrected chi connectivity index (χ1v) is 10.4. The summed E-state index contributed by atoms with van der Waals surface area (Å²) in [7, 11) is 2.01. The van der Waals surface area contributed by atoms with Crippen molar-refractivity contribution in [2.45, 2.75) is 19.3 Å². The summed E-state index contributed by atoms with van der Waals surface area (Å²) in [4.78, 5) is 40.7. The summed E-state index contributed by atoms with van der Waals surface area (Å²) < 4.78 is 0. The molecular weight excluding hydrogens is 438 g/mol. The average Bonchev–Trinajstić information content (AvgIpc) is 2.99. The molecule has 0 atom stereocenters. The Morgan fingerprint density at radius 3 is 2.12 bits per heavy atom. The van der Waals surface area contributed by atoms with Crippen molar-refractivity contribution in [2.24, 2.45) is 0 Å². The summed E-state index contributed by atoms with van der Waals surface area (Å²) in [6.45, 7) is 4.30. The van der Waals surface area contributed by atoms with Gasteiger partial charge in [-0.1, -0.05) is 56.3 Å². The van der Waals surface area contributed by atoms with Crippen molar-refractivity contribution in [2.75, 3.05) is 11.9 Å². The van der Waals surface area contributed by atoms with Crippen molar-refractivity contribution < 1.29 is 17.5 Å². The first-order chi connectivity index (χ1) is 15.3. The van der Waals surface area contributed by atoms with E-state index in [1.54, 1.807) is 24.3 Å². The molecule has 1 heterocycles. The predicted octanol–water partition coefficient (Wildman–Crippen LogP) is -2.72. The summed E-state index contributed by atoms with van der Waals surface area (Å²) in [5.74, 6) is 0. The molecule has 0 aromatic heterocycles. The van der Waals surface area contributed by atoms with Crippen LogP contribution >= 0.6 is 0 Å². The van der Waals surface area contributed by atoms with Gasteiger partial charge in [0.2, 0.25) is 10.8 Å². The van der Waals surface area contributed by atoms with Gasteiger partial charge in [-0.3, -0.25) is 14.4 Å². The fourth-order valence-electron chi connectivity index (χ4n) is 4.74. The summed E-state index contributed by atoms with van der Waals surface area (Å²) in [5.41, 5.74) is 5.03. The molecule has 2 N–H and O–H groups in total. The normalized spacial score (nSPS) is 16.3. The van der Waals surface area contributed by atoms with Crippen molar-refractivity contribution in [3.8, 4) is 0 Å². The highest BCUT2D eigenvalue weighted by Gasteiger charge is 2.38. The molecule has 0 saturated carbocycles. The zero-order chi connectivity index (χ0) is 22.6. The summed E-state index contributed by atoms with van der Waals surface area (Å²) in [6, 6.07) is 17.7. The first-order valence-electron chi connectivity index (χ1n) is 10.4. The maximum atomic E-state index is 13.2. The standard InChI is InChI=1S/C26H21N3O3.ClH/c1-26(2)17-10-6-7-11-19(17)29(3)21(26)14-27-28-18-12-13-20(30)23-22(18)24(31)15-8-4-5-9-16(15)25(23)32;/h4-14,27H,1-3H3;1H. The molecular formula is C26H22ClN3O3. The number of likely N-dealkylation sites (N-methyl/N-ethyl adjacent to an activating group) is 1. The highest BCUT2D eigenvalue weighted by Crippen LogP contribution is 2.46. The number of benzene rings is 2. The number of allylic oxidation sites excluding steroid dienone is 1. The Hall–Kier alpha value is -3.77. The highest BCUT2D eigenvalue weighted by molar-refractivity contribution is 5.82. The molecule has 166 valence electrons. The van der Waals surface area contributed by atoms with Crippen LogP contribution in [-0.4, -0.2) is 7.05 Å². The van der Waals surface area contributed by atoms with Crippen molar-refractivity contribution in [1.29, 1.82) is 0 Å². The maximum absolute atomic E-state index is 13.2. The highest BCUT2D eigenvalue weighted by atomic mass is 35.5. The van der Waals surface area contributed by atoms with Gasteiger partial charge in [0.25, 0.3) is 0 Å². The lowest BCUT2D eigenvalue weighted by atomic mass is 9.84. The topological polar surface area (TPSA) is 80.5 Å². The van der Waals surface area contributed by atoms with Gasteiger partial charge in [0, 0.05) is 40.7 Å². The third-order valence-corrected chi connectivity index (χ3v) is 6.39.